The standard InChI is InChI=1S/C25H39F12NO/c1-2-3-4-5-6-7-8-9-10-11-12-13-14-15-16-17-18-38-20(39)22(30,31)24(34,35)25(36,37)23(32,33)21(28,29)19(26)27/h19H,2-18H2,1H3,(H,38,39). The molecule has 14 heteroatoms. The summed E-state index contributed by atoms with van der Waals surface area (Å²) in [6, 6.07) is 0. The summed E-state index contributed by atoms with van der Waals surface area (Å²) in [7, 11) is 0. The molecule has 0 aromatic rings. The Hall–Kier alpha value is -1.37. The zero-order chi connectivity index (χ0) is 30.4. The molecule has 0 spiro atoms. The second kappa shape index (κ2) is 16.8. The van der Waals surface area contributed by atoms with Gasteiger partial charge in [0.15, 0.2) is 0 Å². The summed E-state index contributed by atoms with van der Waals surface area (Å²) < 4.78 is 158. The topological polar surface area (TPSA) is 29.1 Å². The smallest absolute Gasteiger partial charge is 0.351 e. The molecule has 0 saturated heterocycles. The van der Waals surface area contributed by atoms with Crippen molar-refractivity contribution >= 4 is 5.91 Å². The Morgan fingerprint density at radius 1 is 0.538 bits per heavy atom. The molecule has 0 aromatic heterocycles. The number of alkyl halides is 12. The van der Waals surface area contributed by atoms with E-state index in [0.29, 0.717) is 12.8 Å². The summed E-state index contributed by atoms with van der Waals surface area (Å²) >= 11 is 0. The predicted octanol–water partition coefficient (Wildman–Crippen LogP) is 9.81. The molecule has 0 saturated carbocycles. The van der Waals surface area contributed by atoms with E-state index < -0.39 is 48.5 Å². The van der Waals surface area contributed by atoms with Crippen LogP contribution in [-0.2, 0) is 4.79 Å². The Morgan fingerprint density at radius 3 is 1.21 bits per heavy atom. The fourth-order valence-corrected chi connectivity index (χ4v) is 3.87. The fraction of sp³-hybridized carbons (Fsp3) is 0.960. The van der Waals surface area contributed by atoms with E-state index in [1.807, 2.05) is 0 Å². The molecule has 0 aliphatic heterocycles. The van der Waals surface area contributed by atoms with Crippen LogP contribution in [-0.4, -0.2) is 48.5 Å². The molecule has 1 amide bonds. The normalized spacial score (nSPS) is 13.8. The van der Waals surface area contributed by atoms with Crippen molar-refractivity contribution in [2.45, 2.75) is 146 Å². The lowest BCUT2D eigenvalue weighted by Gasteiger charge is -2.38. The van der Waals surface area contributed by atoms with Gasteiger partial charge in [0.05, 0.1) is 0 Å². The quantitative estimate of drug-likeness (QED) is 0.0922. The molecule has 39 heavy (non-hydrogen) atoms. The van der Waals surface area contributed by atoms with E-state index in [9.17, 15) is 57.5 Å². The molecule has 0 fully saturated rings. The molecule has 234 valence electrons. The number of rotatable bonds is 23. The molecule has 0 rings (SSSR count). The van der Waals surface area contributed by atoms with Crippen LogP contribution in [0.15, 0.2) is 0 Å². The van der Waals surface area contributed by atoms with Crippen LogP contribution >= 0.6 is 0 Å². The minimum atomic E-state index is -7.70. The van der Waals surface area contributed by atoms with Gasteiger partial charge in [0.25, 0.3) is 5.91 Å². The van der Waals surface area contributed by atoms with Crippen LogP contribution in [0.5, 0.6) is 0 Å². The molecule has 0 bridgehead atoms. The summed E-state index contributed by atoms with van der Waals surface area (Å²) in [4.78, 5) is 11.4. The van der Waals surface area contributed by atoms with E-state index in [-0.39, 0.29) is 6.42 Å². The Balaban J connectivity index is 4.31. The average Bonchev–Trinajstić information content (AvgIpc) is 2.85. The lowest BCUT2D eigenvalue weighted by Crippen LogP contribution is -2.70. The maximum atomic E-state index is 13.7. The first-order valence-corrected chi connectivity index (χ1v) is 13.4. The van der Waals surface area contributed by atoms with Crippen LogP contribution in [0.1, 0.15) is 110 Å². The van der Waals surface area contributed by atoms with Gasteiger partial charge in [0.1, 0.15) is 0 Å². The van der Waals surface area contributed by atoms with Gasteiger partial charge in [-0.3, -0.25) is 4.79 Å². The SMILES string of the molecule is CCCCCCCCCCCCCCCCCCNC(=O)C(F)(F)C(F)(F)C(F)(F)C(F)(F)C(F)(F)C(F)F. The first-order chi connectivity index (χ1) is 17.9. The number of carbonyl (C=O) groups is 1. The summed E-state index contributed by atoms with van der Waals surface area (Å²) in [5, 5.41) is 1.18. The molecule has 0 heterocycles. The number of unbranched alkanes of at least 4 members (excludes halogenated alkanes) is 15. The zero-order valence-corrected chi connectivity index (χ0v) is 22.0. The molecule has 0 atom stereocenters. The highest BCUT2D eigenvalue weighted by Gasteiger charge is 2.89. The van der Waals surface area contributed by atoms with E-state index >= 15 is 0 Å². The van der Waals surface area contributed by atoms with Gasteiger partial charge in [-0.05, 0) is 6.42 Å². The summed E-state index contributed by atoms with van der Waals surface area (Å²) in [5.74, 6) is -39.5. The number of carbonyl (C=O) groups excluding carboxylic acids is 1. The molecule has 0 aromatic carbocycles. The van der Waals surface area contributed by atoms with Crippen molar-refractivity contribution in [1.82, 2.24) is 5.32 Å². The third-order valence-corrected chi connectivity index (χ3v) is 6.48. The monoisotopic (exact) mass is 597 g/mol. The fourth-order valence-electron chi connectivity index (χ4n) is 3.87. The third-order valence-electron chi connectivity index (χ3n) is 6.48. The zero-order valence-electron chi connectivity index (χ0n) is 22.0. The van der Waals surface area contributed by atoms with Crippen molar-refractivity contribution in [3.63, 3.8) is 0 Å². The molecular weight excluding hydrogens is 558 g/mol. The Bertz CT molecular complexity index is 686. The lowest BCUT2D eigenvalue weighted by atomic mass is 9.94. The van der Waals surface area contributed by atoms with Gasteiger partial charge in [-0.1, -0.05) is 103 Å². The van der Waals surface area contributed by atoms with Gasteiger partial charge in [0, 0.05) is 6.54 Å². The molecule has 0 aliphatic carbocycles. The largest absolute Gasteiger partial charge is 0.392 e. The van der Waals surface area contributed by atoms with Gasteiger partial charge < -0.3 is 5.32 Å². The van der Waals surface area contributed by atoms with E-state index in [1.54, 1.807) is 0 Å². The first kappa shape index (κ1) is 37.6. The number of halogens is 12. The summed E-state index contributed by atoms with van der Waals surface area (Å²) in [5.41, 5.74) is 0. The Kier molecular flexibility index (Phi) is 16.2. The van der Waals surface area contributed by atoms with E-state index in [0.717, 1.165) is 38.5 Å². The molecule has 0 radical (unpaired) electrons. The summed E-state index contributed by atoms with van der Waals surface area (Å²) in [6.07, 6.45) is 10.0. The minimum Gasteiger partial charge on any atom is -0.351 e. The van der Waals surface area contributed by atoms with Crippen molar-refractivity contribution < 1.29 is 57.5 Å². The lowest BCUT2D eigenvalue weighted by molar-refractivity contribution is -0.407. The van der Waals surface area contributed by atoms with Crippen molar-refractivity contribution in [3.05, 3.63) is 0 Å². The number of nitrogens with one attached hydrogen (secondary N) is 1. The van der Waals surface area contributed by atoms with Crippen LogP contribution in [0.2, 0.25) is 0 Å². The molecule has 0 unspecified atom stereocenters. The van der Waals surface area contributed by atoms with Crippen molar-refractivity contribution in [2.24, 2.45) is 0 Å². The molecule has 2 nitrogen and oxygen atoms in total. The maximum absolute atomic E-state index is 13.7. The first-order valence-electron chi connectivity index (χ1n) is 13.4. The minimum absolute atomic E-state index is 0.0400. The van der Waals surface area contributed by atoms with Gasteiger partial charge >= 0.3 is 36.0 Å². The van der Waals surface area contributed by atoms with E-state index in [2.05, 4.69) is 6.92 Å². The maximum Gasteiger partial charge on any atom is 0.392 e. The predicted molar refractivity (Wildman–Crippen MR) is 123 cm³/mol. The third kappa shape index (κ3) is 10.2. The second-order valence-corrected chi connectivity index (χ2v) is 9.78. The van der Waals surface area contributed by atoms with Crippen molar-refractivity contribution in [1.29, 1.82) is 0 Å². The van der Waals surface area contributed by atoms with Gasteiger partial charge in [0.2, 0.25) is 0 Å². The van der Waals surface area contributed by atoms with E-state index in [4.69, 9.17) is 0 Å². The number of amides is 1. The van der Waals surface area contributed by atoms with Crippen LogP contribution in [0, 0.1) is 0 Å². The average molecular weight is 598 g/mol. The van der Waals surface area contributed by atoms with Crippen molar-refractivity contribution in [2.75, 3.05) is 6.54 Å². The second-order valence-electron chi connectivity index (χ2n) is 9.78. The highest BCUT2D eigenvalue weighted by molar-refractivity contribution is 5.84. The number of hydrogen-bond donors (Lipinski definition) is 1. The highest BCUT2D eigenvalue weighted by atomic mass is 19.4. The van der Waals surface area contributed by atoms with Gasteiger partial charge in [-0.15, -0.1) is 0 Å². The molecular formula is C25H39F12NO. The van der Waals surface area contributed by atoms with Crippen molar-refractivity contribution in [3.8, 4) is 0 Å². The van der Waals surface area contributed by atoms with Gasteiger partial charge in [-0.2, -0.15) is 43.9 Å². The summed E-state index contributed by atoms with van der Waals surface area (Å²) in [6.45, 7) is 1.46. The van der Waals surface area contributed by atoms with Crippen LogP contribution < -0.4 is 5.32 Å². The Labute approximate surface area is 221 Å². The molecule has 1 N–H and O–H groups in total. The number of hydrogen-bond acceptors (Lipinski definition) is 1. The van der Waals surface area contributed by atoms with Crippen LogP contribution in [0.3, 0.4) is 0 Å². The molecule has 0 aliphatic rings. The van der Waals surface area contributed by atoms with Crippen LogP contribution in [0.25, 0.3) is 0 Å². The Morgan fingerprint density at radius 2 is 0.872 bits per heavy atom. The van der Waals surface area contributed by atoms with Crippen LogP contribution in [0.4, 0.5) is 52.7 Å². The van der Waals surface area contributed by atoms with E-state index in [1.165, 1.54) is 50.3 Å². The van der Waals surface area contributed by atoms with Gasteiger partial charge in [-0.25, -0.2) is 8.78 Å². The highest BCUT2D eigenvalue weighted by Crippen LogP contribution is 2.58.